The second-order valence-electron chi connectivity index (χ2n) is 8.87. The van der Waals surface area contributed by atoms with Gasteiger partial charge in [0.15, 0.2) is 12.4 Å². The minimum Gasteiger partial charge on any atom is -0.233 e. The SMILES string of the molecule is CN1c2ccccc2C=[N+]2c3ccccc3-c3ccccc3[N+]3=Cc4ccccc4N(C)C123. The first kappa shape index (κ1) is 18.4. The molecule has 1 spiro atoms. The van der Waals surface area contributed by atoms with Gasteiger partial charge in [0.2, 0.25) is 11.4 Å². The average molecular weight is 429 g/mol. The van der Waals surface area contributed by atoms with Gasteiger partial charge in [0.25, 0.3) is 0 Å². The Labute approximate surface area is 193 Å². The summed E-state index contributed by atoms with van der Waals surface area (Å²) in [5.74, 6) is -0.634. The standard InChI is InChI=1S/C29H24N4/c1-30-25-15-7-3-11-21(25)19-32-27-17-9-5-13-23(27)24-14-6-10-18-28(24)33-20-22-12-4-8-16-26(22)31(2)29(30,32)33/h3-20H,1-2H3/q+2. The Balaban J connectivity index is 1.70. The van der Waals surface area contributed by atoms with E-state index in [1.165, 1.54) is 45.0 Å². The molecule has 3 aliphatic rings. The van der Waals surface area contributed by atoms with Crippen molar-refractivity contribution in [3.05, 3.63) is 108 Å². The van der Waals surface area contributed by atoms with Gasteiger partial charge < -0.3 is 0 Å². The fourth-order valence-electron chi connectivity index (χ4n) is 5.85. The third-order valence-electron chi connectivity index (χ3n) is 7.30. The quantitative estimate of drug-likeness (QED) is 0.348. The molecular formula is C29H24N4+2. The van der Waals surface area contributed by atoms with Crippen LogP contribution in [-0.4, -0.2) is 41.6 Å². The Hall–Kier alpha value is -4.18. The predicted molar refractivity (Wildman–Crippen MR) is 134 cm³/mol. The van der Waals surface area contributed by atoms with Crippen molar-refractivity contribution in [3.8, 4) is 11.1 Å². The van der Waals surface area contributed by atoms with Crippen LogP contribution in [0.5, 0.6) is 0 Å². The Kier molecular flexibility index (Phi) is 3.58. The van der Waals surface area contributed by atoms with Crippen molar-refractivity contribution in [3.63, 3.8) is 0 Å². The molecule has 3 aliphatic heterocycles. The number of fused-ring (bicyclic) bond motifs is 7. The lowest BCUT2D eigenvalue weighted by atomic mass is 10.0. The molecule has 0 aliphatic carbocycles. The van der Waals surface area contributed by atoms with Crippen LogP contribution in [-0.2, 0) is 0 Å². The Morgan fingerprint density at radius 2 is 0.909 bits per heavy atom. The largest absolute Gasteiger partial charge is 0.543 e. The zero-order valence-corrected chi connectivity index (χ0v) is 18.7. The van der Waals surface area contributed by atoms with Crippen LogP contribution in [0, 0.1) is 0 Å². The van der Waals surface area contributed by atoms with Crippen molar-refractivity contribution in [2.24, 2.45) is 0 Å². The number of hydrogen-bond acceptors (Lipinski definition) is 2. The predicted octanol–water partition coefficient (Wildman–Crippen LogP) is 5.40. The van der Waals surface area contributed by atoms with Crippen LogP contribution in [0.25, 0.3) is 11.1 Å². The third kappa shape index (κ3) is 2.20. The van der Waals surface area contributed by atoms with E-state index in [1.807, 2.05) is 0 Å². The molecule has 0 bridgehead atoms. The second kappa shape index (κ2) is 6.42. The maximum absolute atomic E-state index is 2.44. The van der Waals surface area contributed by atoms with E-state index in [0.29, 0.717) is 0 Å². The summed E-state index contributed by atoms with van der Waals surface area (Å²) in [5, 5.41) is 0. The summed E-state index contributed by atoms with van der Waals surface area (Å²) in [5.41, 5.74) is 9.66. The first-order valence-electron chi connectivity index (χ1n) is 11.3. The van der Waals surface area contributed by atoms with Gasteiger partial charge in [-0.3, -0.25) is 0 Å². The van der Waals surface area contributed by atoms with Crippen molar-refractivity contribution in [1.29, 1.82) is 0 Å². The fourth-order valence-corrected chi connectivity index (χ4v) is 5.85. The normalized spacial score (nSPS) is 16.7. The molecule has 0 saturated carbocycles. The molecule has 0 unspecified atom stereocenters. The number of benzene rings is 4. The minimum atomic E-state index is -0.634. The first-order chi connectivity index (χ1) is 16.2. The van der Waals surface area contributed by atoms with Gasteiger partial charge in [0.05, 0.1) is 33.6 Å². The maximum atomic E-state index is 2.44. The molecule has 0 N–H and O–H groups in total. The highest BCUT2D eigenvalue weighted by atomic mass is 15.7. The smallest absolute Gasteiger partial charge is 0.233 e. The molecule has 3 heterocycles. The van der Waals surface area contributed by atoms with Gasteiger partial charge >= 0.3 is 5.91 Å². The van der Waals surface area contributed by atoms with Gasteiger partial charge in [-0.05, 0) is 36.4 Å². The van der Waals surface area contributed by atoms with Crippen molar-refractivity contribution in [2.75, 3.05) is 23.9 Å². The van der Waals surface area contributed by atoms with Crippen molar-refractivity contribution < 1.29 is 9.15 Å². The molecule has 0 aromatic heterocycles. The molecule has 0 fully saturated rings. The highest BCUT2D eigenvalue weighted by molar-refractivity contribution is 5.94. The molecule has 4 aromatic rings. The van der Waals surface area contributed by atoms with Crippen molar-refractivity contribution in [1.82, 2.24) is 0 Å². The lowest BCUT2D eigenvalue weighted by Gasteiger charge is -2.44. The van der Waals surface area contributed by atoms with Gasteiger partial charge in [-0.25, -0.2) is 9.80 Å². The zero-order chi connectivity index (χ0) is 22.2. The minimum absolute atomic E-state index is 0.634. The number of rotatable bonds is 0. The lowest BCUT2D eigenvalue weighted by molar-refractivity contribution is -0.757. The fraction of sp³-hybridized carbons (Fsp3) is 0.103. The van der Waals surface area contributed by atoms with E-state index in [1.54, 1.807) is 0 Å². The van der Waals surface area contributed by atoms with Crippen LogP contribution in [0.15, 0.2) is 97.1 Å². The molecule has 4 aromatic carbocycles. The summed E-state index contributed by atoms with van der Waals surface area (Å²) in [6.07, 6.45) is 4.62. The van der Waals surface area contributed by atoms with Gasteiger partial charge in [0, 0.05) is 26.2 Å². The van der Waals surface area contributed by atoms with Gasteiger partial charge in [-0.1, -0.05) is 57.7 Å². The van der Waals surface area contributed by atoms with Crippen LogP contribution in [0.2, 0.25) is 0 Å². The molecule has 4 nitrogen and oxygen atoms in total. The Morgan fingerprint density at radius 1 is 0.515 bits per heavy atom. The van der Waals surface area contributed by atoms with Gasteiger partial charge in [-0.2, -0.15) is 0 Å². The number of hydrogen-bond donors (Lipinski definition) is 0. The summed E-state index contributed by atoms with van der Waals surface area (Å²) in [4.78, 5) is 4.82. The van der Waals surface area contributed by atoms with E-state index >= 15 is 0 Å². The summed E-state index contributed by atoms with van der Waals surface area (Å²) in [6.45, 7) is 0. The first-order valence-corrected chi connectivity index (χ1v) is 11.3. The zero-order valence-electron chi connectivity index (χ0n) is 18.7. The second-order valence-corrected chi connectivity index (χ2v) is 8.87. The van der Waals surface area contributed by atoms with Crippen LogP contribution >= 0.6 is 0 Å². The van der Waals surface area contributed by atoms with E-state index in [9.17, 15) is 0 Å². The van der Waals surface area contributed by atoms with E-state index in [2.05, 4.69) is 143 Å². The van der Waals surface area contributed by atoms with Crippen molar-refractivity contribution in [2.45, 2.75) is 5.91 Å². The van der Waals surface area contributed by atoms with E-state index < -0.39 is 5.91 Å². The molecule has 0 saturated heterocycles. The van der Waals surface area contributed by atoms with E-state index in [4.69, 9.17) is 0 Å². The van der Waals surface area contributed by atoms with Crippen molar-refractivity contribution >= 4 is 35.2 Å². The molecule has 33 heavy (non-hydrogen) atoms. The summed E-state index contributed by atoms with van der Waals surface area (Å²) >= 11 is 0. The van der Waals surface area contributed by atoms with Crippen LogP contribution in [0.4, 0.5) is 22.7 Å². The number of nitrogens with zero attached hydrogens (tertiary/aromatic N) is 4. The monoisotopic (exact) mass is 428 g/mol. The van der Waals surface area contributed by atoms with E-state index in [0.717, 1.165) is 0 Å². The number of anilines is 2. The molecule has 0 atom stereocenters. The summed E-state index contributed by atoms with van der Waals surface area (Å²) in [7, 11) is 4.42. The Bertz CT molecular complexity index is 1400. The van der Waals surface area contributed by atoms with Crippen LogP contribution in [0.3, 0.4) is 0 Å². The van der Waals surface area contributed by atoms with Crippen LogP contribution < -0.4 is 9.80 Å². The summed E-state index contributed by atoms with van der Waals surface area (Å²) < 4.78 is 4.88. The highest BCUT2D eigenvalue weighted by Crippen LogP contribution is 2.50. The molecule has 4 heteroatoms. The van der Waals surface area contributed by atoms with Crippen LogP contribution in [0.1, 0.15) is 11.1 Å². The van der Waals surface area contributed by atoms with E-state index in [-0.39, 0.29) is 0 Å². The molecular weight excluding hydrogens is 404 g/mol. The topological polar surface area (TPSA) is 12.5 Å². The third-order valence-corrected chi connectivity index (χ3v) is 7.30. The summed E-state index contributed by atoms with van der Waals surface area (Å²) in [6, 6.07) is 34.8. The number of para-hydroxylation sites is 4. The molecule has 0 amide bonds. The van der Waals surface area contributed by atoms with Gasteiger partial charge in [0.1, 0.15) is 0 Å². The van der Waals surface area contributed by atoms with Gasteiger partial charge in [-0.15, -0.1) is 0 Å². The molecule has 158 valence electrons. The molecule has 7 rings (SSSR count). The average Bonchev–Trinajstić information content (AvgIpc) is 2.97. The molecule has 0 radical (unpaired) electrons. The maximum Gasteiger partial charge on any atom is 0.543 e. The lowest BCUT2D eigenvalue weighted by Crippen LogP contribution is -2.72. The highest BCUT2D eigenvalue weighted by Gasteiger charge is 2.68. The Morgan fingerprint density at radius 3 is 1.39 bits per heavy atom.